The zero-order valence-corrected chi connectivity index (χ0v) is 31.8. The van der Waals surface area contributed by atoms with Crippen LogP contribution >= 0.6 is 0 Å². The Kier molecular flexibility index (Phi) is 7.33. The van der Waals surface area contributed by atoms with E-state index in [1.165, 1.54) is 120 Å². The Hall–Kier alpha value is -7.54. The normalized spacial score (nSPS) is 11.8. The summed E-state index contributed by atoms with van der Waals surface area (Å²) in [6.45, 7) is 0. The average molecular weight is 733 g/mol. The van der Waals surface area contributed by atoms with Crippen LogP contribution in [0.5, 0.6) is 0 Å². The molecule has 0 aliphatic carbocycles. The first kappa shape index (κ1) is 32.7. The molecule has 12 aromatic carbocycles. The van der Waals surface area contributed by atoms with Crippen molar-refractivity contribution in [2.75, 3.05) is 0 Å². The van der Waals surface area contributed by atoms with Crippen molar-refractivity contribution < 1.29 is 0 Å². The quantitative estimate of drug-likeness (QED) is 0.158. The molecule has 12 rings (SSSR count). The van der Waals surface area contributed by atoms with Gasteiger partial charge >= 0.3 is 0 Å². The van der Waals surface area contributed by atoms with Gasteiger partial charge in [0.25, 0.3) is 0 Å². The molecule has 0 aliphatic rings. The highest BCUT2D eigenvalue weighted by atomic mass is 14.2. The summed E-state index contributed by atoms with van der Waals surface area (Å²) in [5.74, 6) is 0. The number of hydrogen-bond acceptors (Lipinski definition) is 0. The van der Waals surface area contributed by atoms with Gasteiger partial charge in [-0.25, -0.2) is 0 Å². The highest BCUT2D eigenvalue weighted by Crippen LogP contribution is 2.46. The van der Waals surface area contributed by atoms with Crippen LogP contribution in [0.15, 0.2) is 218 Å². The Morgan fingerprint density at radius 2 is 0.483 bits per heavy atom. The molecule has 12 aromatic rings. The van der Waals surface area contributed by atoms with Gasteiger partial charge < -0.3 is 0 Å². The first-order valence-corrected chi connectivity index (χ1v) is 20.2. The molecule has 58 heavy (non-hydrogen) atoms. The summed E-state index contributed by atoms with van der Waals surface area (Å²) in [5.41, 5.74) is 9.86. The Balaban J connectivity index is 1.05. The van der Waals surface area contributed by atoms with Crippen molar-refractivity contribution in [3.63, 3.8) is 0 Å². The molecule has 268 valence electrons. The molecular formula is C58H36. The van der Waals surface area contributed by atoms with Gasteiger partial charge in [0.05, 0.1) is 0 Å². The van der Waals surface area contributed by atoms with Crippen molar-refractivity contribution in [3.05, 3.63) is 218 Å². The number of rotatable bonds is 4. The van der Waals surface area contributed by atoms with E-state index >= 15 is 0 Å². The van der Waals surface area contributed by atoms with Crippen LogP contribution in [0.1, 0.15) is 0 Å². The van der Waals surface area contributed by atoms with E-state index in [0.29, 0.717) is 0 Å². The van der Waals surface area contributed by atoms with Crippen molar-refractivity contribution in [3.8, 4) is 44.5 Å². The van der Waals surface area contributed by atoms with E-state index in [4.69, 9.17) is 0 Å². The molecule has 0 heteroatoms. The SMILES string of the molecule is c1ccc2c(-c3ccc(-c4ccc5c6ccccc6c6c7cc(-c8ccc(-c9cccc%10ccccc9%10)cc8)ccc7c7ccccc7c6c5c4)cc3)cccc2c1. The van der Waals surface area contributed by atoms with Crippen LogP contribution in [0.25, 0.3) is 120 Å². The molecule has 0 bridgehead atoms. The molecular weight excluding hydrogens is 697 g/mol. The van der Waals surface area contributed by atoms with Crippen molar-refractivity contribution in [1.29, 1.82) is 0 Å². The first-order valence-electron chi connectivity index (χ1n) is 20.2. The van der Waals surface area contributed by atoms with Gasteiger partial charge in [0, 0.05) is 0 Å². The lowest BCUT2D eigenvalue weighted by atomic mass is 9.85. The lowest BCUT2D eigenvalue weighted by Crippen LogP contribution is -1.90. The van der Waals surface area contributed by atoms with Gasteiger partial charge in [-0.1, -0.05) is 206 Å². The van der Waals surface area contributed by atoms with Crippen LogP contribution in [0.2, 0.25) is 0 Å². The van der Waals surface area contributed by atoms with Crippen LogP contribution in [-0.2, 0) is 0 Å². The zero-order chi connectivity index (χ0) is 38.2. The summed E-state index contributed by atoms with van der Waals surface area (Å²) >= 11 is 0. The van der Waals surface area contributed by atoms with Gasteiger partial charge in [-0.15, -0.1) is 0 Å². The summed E-state index contributed by atoms with van der Waals surface area (Å²) < 4.78 is 0. The van der Waals surface area contributed by atoms with Crippen molar-refractivity contribution >= 4 is 75.4 Å². The maximum Gasteiger partial charge on any atom is -0.00137 e. The van der Waals surface area contributed by atoms with E-state index in [1.54, 1.807) is 0 Å². The summed E-state index contributed by atoms with van der Waals surface area (Å²) in [6, 6.07) is 80.8. The second-order valence-corrected chi connectivity index (χ2v) is 15.6. The average Bonchev–Trinajstić information content (AvgIpc) is 3.31. The molecule has 0 aliphatic heterocycles. The van der Waals surface area contributed by atoms with Crippen molar-refractivity contribution in [1.82, 2.24) is 0 Å². The molecule has 0 N–H and O–H groups in total. The molecule has 0 radical (unpaired) electrons. The van der Waals surface area contributed by atoms with Crippen LogP contribution in [-0.4, -0.2) is 0 Å². The fourth-order valence-electron chi connectivity index (χ4n) is 9.67. The highest BCUT2D eigenvalue weighted by molar-refractivity contribution is 6.39. The summed E-state index contributed by atoms with van der Waals surface area (Å²) in [5, 5.41) is 18.0. The number of fused-ring (bicyclic) bond motifs is 13. The zero-order valence-electron chi connectivity index (χ0n) is 31.8. The maximum atomic E-state index is 2.44. The lowest BCUT2D eigenvalue weighted by Gasteiger charge is -2.18. The smallest absolute Gasteiger partial charge is 0.00137 e. The summed E-state index contributed by atoms with van der Waals surface area (Å²) in [7, 11) is 0. The van der Waals surface area contributed by atoms with Crippen LogP contribution in [0.3, 0.4) is 0 Å². The number of benzene rings is 12. The molecule has 0 amide bonds. The third kappa shape index (κ3) is 5.09. The van der Waals surface area contributed by atoms with Crippen LogP contribution in [0, 0.1) is 0 Å². The minimum atomic E-state index is 1.21. The van der Waals surface area contributed by atoms with Gasteiger partial charge in [0.2, 0.25) is 0 Å². The fraction of sp³-hybridized carbons (Fsp3) is 0. The monoisotopic (exact) mass is 732 g/mol. The fourth-order valence-corrected chi connectivity index (χ4v) is 9.67. The van der Waals surface area contributed by atoms with E-state index in [0.717, 1.165) is 0 Å². The Labute approximate surface area is 336 Å². The van der Waals surface area contributed by atoms with E-state index in [9.17, 15) is 0 Å². The lowest BCUT2D eigenvalue weighted by molar-refractivity contribution is 1.62. The van der Waals surface area contributed by atoms with Crippen LogP contribution in [0.4, 0.5) is 0 Å². The van der Waals surface area contributed by atoms with Crippen LogP contribution < -0.4 is 0 Å². The van der Waals surface area contributed by atoms with Gasteiger partial charge in [-0.05, 0) is 132 Å². The summed E-state index contributed by atoms with van der Waals surface area (Å²) in [6.07, 6.45) is 0. The van der Waals surface area contributed by atoms with Gasteiger partial charge in [-0.2, -0.15) is 0 Å². The Bertz CT molecular complexity index is 3340. The molecule has 0 aromatic heterocycles. The van der Waals surface area contributed by atoms with E-state index in [-0.39, 0.29) is 0 Å². The van der Waals surface area contributed by atoms with Gasteiger partial charge in [0.1, 0.15) is 0 Å². The first-order chi connectivity index (χ1) is 28.8. The molecule has 0 fully saturated rings. The molecule has 0 spiro atoms. The molecule has 0 unspecified atom stereocenters. The predicted octanol–water partition coefficient (Wildman–Crippen LogP) is 16.4. The molecule has 0 heterocycles. The van der Waals surface area contributed by atoms with E-state index in [1.807, 2.05) is 0 Å². The number of hydrogen-bond donors (Lipinski definition) is 0. The Morgan fingerprint density at radius 3 is 0.914 bits per heavy atom. The topological polar surface area (TPSA) is 0 Å². The van der Waals surface area contributed by atoms with Crippen molar-refractivity contribution in [2.24, 2.45) is 0 Å². The van der Waals surface area contributed by atoms with Gasteiger partial charge in [-0.3, -0.25) is 0 Å². The predicted molar refractivity (Wildman–Crippen MR) is 251 cm³/mol. The third-order valence-corrected chi connectivity index (χ3v) is 12.4. The van der Waals surface area contributed by atoms with Gasteiger partial charge in [0.15, 0.2) is 0 Å². The third-order valence-electron chi connectivity index (χ3n) is 12.4. The standard InChI is InChI=1S/C58H36/c1-3-15-45-39(11-1)13-9-21-47(45)41-27-23-37(24-28-41)43-31-33-51-49-17-5-8-20-54(49)58-56-36-44(32-34-52(56)50-18-6-7-19-53(50)57(58)55(51)35-43)38-25-29-42(30-26-38)48-22-10-14-40-12-2-4-16-46(40)48/h1-36H. The Morgan fingerprint density at radius 1 is 0.172 bits per heavy atom. The largest absolute Gasteiger partial charge is 0.0616 e. The minimum absolute atomic E-state index is 1.21. The second-order valence-electron chi connectivity index (χ2n) is 15.6. The molecule has 0 saturated carbocycles. The maximum absolute atomic E-state index is 2.44. The molecule has 0 nitrogen and oxygen atoms in total. The van der Waals surface area contributed by atoms with E-state index in [2.05, 4.69) is 218 Å². The van der Waals surface area contributed by atoms with E-state index < -0.39 is 0 Å². The highest BCUT2D eigenvalue weighted by Gasteiger charge is 2.17. The molecule has 0 atom stereocenters. The summed E-state index contributed by atoms with van der Waals surface area (Å²) in [4.78, 5) is 0. The van der Waals surface area contributed by atoms with Crippen molar-refractivity contribution in [2.45, 2.75) is 0 Å². The minimum Gasteiger partial charge on any atom is -0.0616 e. The second kappa shape index (κ2) is 13.0. The molecule has 0 saturated heterocycles.